The molecule has 1 aliphatic rings. The van der Waals surface area contributed by atoms with Crippen LogP contribution >= 0.6 is 0 Å². The summed E-state index contributed by atoms with van der Waals surface area (Å²) < 4.78 is 45.6. The molecule has 1 saturated carbocycles. The van der Waals surface area contributed by atoms with Crippen molar-refractivity contribution in [3.8, 4) is 5.75 Å². The second kappa shape index (κ2) is 6.64. The Morgan fingerprint density at radius 2 is 1.90 bits per heavy atom. The molecule has 1 aromatic carbocycles. The Labute approximate surface area is 121 Å². The average Bonchev–Trinajstić information content (AvgIpc) is 3.23. The molecule has 2 rings (SSSR count). The highest BCUT2D eigenvalue weighted by Crippen LogP contribution is 2.36. The fraction of sp³-hybridized carbons (Fsp3) is 0.571. The third-order valence-corrected chi connectivity index (χ3v) is 3.58. The van der Waals surface area contributed by atoms with Gasteiger partial charge >= 0.3 is 6.36 Å². The molecule has 0 saturated heterocycles. The maximum Gasteiger partial charge on any atom is 0.573 e. The largest absolute Gasteiger partial charge is 0.573 e. The van der Waals surface area contributed by atoms with Gasteiger partial charge in [0.05, 0.1) is 12.1 Å². The predicted molar refractivity (Wildman–Crippen MR) is 71.5 cm³/mol. The van der Waals surface area contributed by atoms with Crippen molar-refractivity contribution < 1.29 is 22.6 Å². The third kappa shape index (κ3) is 4.87. The van der Waals surface area contributed by atoms with Crippen molar-refractivity contribution in [1.29, 1.82) is 0 Å². The van der Waals surface area contributed by atoms with Crippen LogP contribution in [0.4, 0.5) is 13.2 Å². The van der Waals surface area contributed by atoms with Crippen molar-refractivity contribution in [3.05, 3.63) is 29.8 Å². The fourth-order valence-corrected chi connectivity index (χ4v) is 2.46. The standard InChI is InChI=1S/C14H19F3N2O2/c1-20-13(10-4-5-10)12(19-18)8-9-2-6-11(7-3-9)21-14(15,16)17/h2-3,6-7,10,12-13,19H,4-5,8,18H2,1H3. The van der Waals surface area contributed by atoms with Gasteiger partial charge in [-0.1, -0.05) is 12.1 Å². The van der Waals surface area contributed by atoms with Crippen LogP contribution in [0, 0.1) is 5.92 Å². The molecule has 0 spiro atoms. The molecule has 0 aromatic heterocycles. The lowest BCUT2D eigenvalue weighted by atomic mass is 9.98. The number of nitrogens with two attached hydrogens (primary N) is 1. The highest BCUT2D eigenvalue weighted by Gasteiger charge is 2.36. The molecular formula is C14H19F3N2O2. The monoisotopic (exact) mass is 304 g/mol. The number of hydrogen-bond donors (Lipinski definition) is 2. The number of alkyl halides is 3. The van der Waals surface area contributed by atoms with Gasteiger partial charge in [-0.05, 0) is 42.9 Å². The maximum absolute atomic E-state index is 12.1. The summed E-state index contributed by atoms with van der Waals surface area (Å²) in [5, 5.41) is 0. The van der Waals surface area contributed by atoms with Gasteiger partial charge < -0.3 is 9.47 Å². The molecule has 7 heteroatoms. The topological polar surface area (TPSA) is 56.5 Å². The van der Waals surface area contributed by atoms with Crippen molar-refractivity contribution in [3.63, 3.8) is 0 Å². The van der Waals surface area contributed by atoms with Crippen LogP contribution in [0.25, 0.3) is 0 Å². The van der Waals surface area contributed by atoms with Gasteiger partial charge in [0.1, 0.15) is 5.75 Å². The first-order chi connectivity index (χ1) is 9.93. The normalized spacial score (nSPS) is 18.3. The zero-order chi connectivity index (χ0) is 15.5. The Bertz CT molecular complexity index is 447. The summed E-state index contributed by atoms with van der Waals surface area (Å²) in [4.78, 5) is 0. The Balaban J connectivity index is 1.97. The highest BCUT2D eigenvalue weighted by molar-refractivity contribution is 5.28. The summed E-state index contributed by atoms with van der Waals surface area (Å²) in [5.41, 5.74) is 3.61. The minimum Gasteiger partial charge on any atom is -0.406 e. The van der Waals surface area contributed by atoms with Gasteiger partial charge in [0.15, 0.2) is 0 Å². The summed E-state index contributed by atoms with van der Waals surface area (Å²) in [5.74, 6) is 5.85. The molecule has 0 heterocycles. The maximum atomic E-state index is 12.1. The van der Waals surface area contributed by atoms with Crippen LogP contribution < -0.4 is 16.0 Å². The number of hydrogen-bond acceptors (Lipinski definition) is 4. The molecule has 1 fully saturated rings. The minimum atomic E-state index is -4.67. The van der Waals surface area contributed by atoms with E-state index in [1.807, 2.05) is 0 Å². The van der Waals surface area contributed by atoms with Crippen LogP contribution in [0.2, 0.25) is 0 Å². The average molecular weight is 304 g/mol. The molecule has 118 valence electrons. The van der Waals surface area contributed by atoms with Crippen LogP contribution in [0.15, 0.2) is 24.3 Å². The molecule has 3 N–H and O–H groups in total. The second-order valence-electron chi connectivity index (χ2n) is 5.21. The van der Waals surface area contributed by atoms with E-state index >= 15 is 0 Å². The van der Waals surface area contributed by atoms with E-state index in [2.05, 4.69) is 10.2 Å². The van der Waals surface area contributed by atoms with E-state index in [-0.39, 0.29) is 17.9 Å². The summed E-state index contributed by atoms with van der Waals surface area (Å²) in [6.45, 7) is 0. The van der Waals surface area contributed by atoms with Crippen LogP contribution in [0.3, 0.4) is 0 Å². The molecule has 21 heavy (non-hydrogen) atoms. The third-order valence-electron chi connectivity index (χ3n) is 3.58. The van der Waals surface area contributed by atoms with Crippen molar-refractivity contribution in [2.24, 2.45) is 11.8 Å². The van der Waals surface area contributed by atoms with E-state index in [4.69, 9.17) is 10.6 Å². The smallest absolute Gasteiger partial charge is 0.406 e. The first-order valence-electron chi connectivity index (χ1n) is 6.76. The van der Waals surface area contributed by atoms with E-state index in [9.17, 15) is 13.2 Å². The molecule has 0 aliphatic heterocycles. The quantitative estimate of drug-likeness (QED) is 0.600. The summed E-state index contributed by atoms with van der Waals surface area (Å²) in [6.07, 6.45) is -1.83. The van der Waals surface area contributed by atoms with Crippen molar-refractivity contribution in [2.75, 3.05) is 7.11 Å². The number of rotatable bonds is 7. The fourth-order valence-electron chi connectivity index (χ4n) is 2.46. The number of halogens is 3. The van der Waals surface area contributed by atoms with E-state index < -0.39 is 6.36 Å². The zero-order valence-electron chi connectivity index (χ0n) is 11.7. The molecule has 2 atom stereocenters. The molecule has 0 amide bonds. The molecule has 4 nitrogen and oxygen atoms in total. The molecule has 1 aromatic rings. The van der Waals surface area contributed by atoms with Crippen molar-refractivity contribution in [1.82, 2.24) is 5.43 Å². The van der Waals surface area contributed by atoms with E-state index in [1.54, 1.807) is 19.2 Å². The summed E-state index contributed by atoms with van der Waals surface area (Å²) >= 11 is 0. The van der Waals surface area contributed by atoms with Gasteiger partial charge in [-0.25, -0.2) is 0 Å². The van der Waals surface area contributed by atoms with Crippen molar-refractivity contribution >= 4 is 0 Å². The molecule has 2 unspecified atom stereocenters. The van der Waals surface area contributed by atoms with Crippen LogP contribution in [0.1, 0.15) is 18.4 Å². The van der Waals surface area contributed by atoms with Gasteiger partial charge in [0, 0.05) is 7.11 Å². The summed E-state index contributed by atoms with van der Waals surface area (Å²) in [6, 6.07) is 5.73. The van der Waals surface area contributed by atoms with Gasteiger partial charge in [0.2, 0.25) is 0 Å². The van der Waals surface area contributed by atoms with E-state index in [0.29, 0.717) is 12.3 Å². The number of benzene rings is 1. The van der Waals surface area contributed by atoms with E-state index in [1.165, 1.54) is 12.1 Å². The molecule has 0 bridgehead atoms. The molecule has 1 aliphatic carbocycles. The Morgan fingerprint density at radius 3 is 2.33 bits per heavy atom. The van der Waals surface area contributed by atoms with Crippen LogP contribution in [-0.2, 0) is 11.2 Å². The first-order valence-corrected chi connectivity index (χ1v) is 6.76. The lowest BCUT2D eigenvalue weighted by molar-refractivity contribution is -0.274. The summed E-state index contributed by atoms with van der Waals surface area (Å²) in [7, 11) is 1.65. The number of methoxy groups -OCH3 is 1. The zero-order valence-corrected chi connectivity index (χ0v) is 11.7. The highest BCUT2D eigenvalue weighted by atomic mass is 19.4. The SMILES string of the molecule is COC(C1CC1)C(Cc1ccc(OC(F)(F)F)cc1)NN. The van der Waals surface area contributed by atoms with Gasteiger partial charge in [-0.2, -0.15) is 0 Å². The van der Waals surface area contributed by atoms with Crippen LogP contribution in [0.5, 0.6) is 5.75 Å². The Hall–Kier alpha value is -1.31. The number of ether oxygens (including phenoxy) is 2. The predicted octanol–water partition coefficient (Wildman–Crippen LogP) is 2.38. The second-order valence-corrected chi connectivity index (χ2v) is 5.21. The lowest BCUT2D eigenvalue weighted by Gasteiger charge is -2.25. The first kappa shape index (κ1) is 16.1. The Kier molecular flexibility index (Phi) is 5.08. The van der Waals surface area contributed by atoms with Gasteiger partial charge in [0.25, 0.3) is 0 Å². The van der Waals surface area contributed by atoms with Gasteiger partial charge in [-0.3, -0.25) is 11.3 Å². The molecule has 0 radical (unpaired) electrons. The lowest BCUT2D eigenvalue weighted by Crippen LogP contribution is -2.47. The van der Waals surface area contributed by atoms with Crippen molar-refractivity contribution in [2.45, 2.75) is 37.8 Å². The Morgan fingerprint density at radius 1 is 1.29 bits per heavy atom. The van der Waals surface area contributed by atoms with Gasteiger partial charge in [-0.15, -0.1) is 13.2 Å². The number of hydrazine groups is 1. The van der Waals surface area contributed by atoms with Crippen LogP contribution in [-0.4, -0.2) is 25.6 Å². The molecular weight excluding hydrogens is 285 g/mol. The van der Waals surface area contributed by atoms with E-state index in [0.717, 1.165) is 18.4 Å². The number of nitrogens with one attached hydrogen (secondary N) is 1. The minimum absolute atomic E-state index is 0.0149.